The predicted octanol–water partition coefficient (Wildman–Crippen LogP) is 2.14. The summed E-state index contributed by atoms with van der Waals surface area (Å²) in [5.74, 6) is 0.611. The molecule has 0 fully saturated rings. The van der Waals surface area contributed by atoms with Crippen LogP contribution >= 0.6 is 0 Å². The van der Waals surface area contributed by atoms with Crippen molar-refractivity contribution in [3.63, 3.8) is 0 Å². The minimum absolute atomic E-state index is 0.491. The van der Waals surface area contributed by atoms with Gasteiger partial charge in [0.2, 0.25) is 5.95 Å². The Kier molecular flexibility index (Phi) is 3.52. The monoisotopic (exact) mass is 277 g/mol. The van der Waals surface area contributed by atoms with Gasteiger partial charge in [0.05, 0.1) is 0 Å². The van der Waals surface area contributed by atoms with Crippen LogP contribution in [0.25, 0.3) is 5.65 Å². The van der Waals surface area contributed by atoms with Gasteiger partial charge >= 0.3 is 6.09 Å². The van der Waals surface area contributed by atoms with E-state index in [4.69, 9.17) is 4.74 Å². The minimum Gasteiger partial charge on any atom is -0.444 e. The van der Waals surface area contributed by atoms with Crippen molar-refractivity contribution in [1.29, 1.82) is 0 Å². The lowest BCUT2D eigenvalue weighted by atomic mass is 10.2. The number of nitrogens with zero attached hydrogens (tertiary/aromatic N) is 4. The van der Waals surface area contributed by atoms with E-state index in [-0.39, 0.29) is 0 Å². The third kappa shape index (κ3) is 3.37. The highest BCUT2D eigenvalue weighted by Crippen LogP contribution is 2.15. The fourth-order valence-electron chi connectivity index (χ4n) is 1.56. The maximum absolute atomic E-state index is 11.7. The molecule has 1 N–H and O–H groups in total. The van der Waals surface area contributed by atoms with Gasteiger partial charge in [-0.3, -0.25) is 5.32 Å². The van der Waals surface area contributed by atoms with E-state index < -0.39 is 11.7 Å². The van der Waals surface area contributed by atoms with Crippen molar-refractivity contribution < 1.29 is 9.53 Å². The molecule has 0 aliphatic carbocycles. The standard InChI is InChI=1S/C13H19N5O2/c1-13(2,3)20-12(19)14-9-6-7-18-10(8-9)15-11(16-18)17(4)5/h6-8H,1-5H3,(H,14,19). The molecule has 0 saturated carbocycles. The zero-order valence-electron chi connectivity index (χ0n) is 12.3. The molecule has 2 heterocycles. The third-order valence-corrected chi connectivity index (χ3v) is 2.37. The summed E-state index contributed by atoms with van der Waals surface area (Å²) in [7, 11) is 3.74. The fraction of sp³-hybridized carbons (Fsp3) is 0.462. The number of carbonyl (C=O) groups excluding carboxylic acids is 1. The van der Waals surface area contributed by atoms with E-state index in [1.54, 1.807) is 22.8 Å². The van der Waals surface area contributed by atoms with Crippen LogP contribution in [-0.2, 0) is 4.74 Å². The van der Waals surface area contributed by atoms with Crippen molar-refractivity contribution in [2.75, 3.05) is 24.3 Å². The Balaban J connectivity index is 2.17. The van der Waals surface area contributed by atoms with E-state index in [1.165, 1.54) is 0 Å². The highest BCUT2D eigenvalue weighted by Gasteiger charge is 2.16. The molecule has 20 heavy (non-hydrogen) atoms. The molecule has 1 amide bonds. The van der Waals surface area contributed by atoms with Gasteiger partial charge in [-0.2, -0.15) is 4.98 Å². The van der Waals surface area contributed by atoms with Crippen LogP contribution in [0.3, 0.4) is 0 Å². The first-order valence-electron chi connectivity index (χ1n) is 6.28. The maximum Gasteiger partial charge on any atom is 0.412 e. The Morgan fingerprint density at radius 2 is 2.10 bits per heavy atom. The van der Waals surface area contributed by atoms with Gasteiger partial charge < -0.3 is 9.64 Å². The van der Waals surface area contributed by atoms with E-state index >= 15 is 0 Å². The van der Waals surface area contributed by atoms with Crippen molar-refractivity contribution in [1.82, 2.24) is 14.6 Å². The van der Waals surface area contributed by atoms with Gasteiger partial charge in [-0.15, -0.1) is 5.10 Å². The SMILES string of the molecule is CN(C)c1nc2cc(NC(=O)OC(C)(C)C)ccn2n1. The Labute approximate surface area is 117 Å². The van der Waals surface area contributed by atoms with Crippen LogP contribution in [0, 0.1) is 0 Å². The molecule has 7 heteroatoms. The predicted molar refractivity (Wildman–Crippen MR) is 77.2 cm³/mol. The summed E-state index contributed by atoms with van der Waals surface area (Å²) in [6, 6.07) is 3.48. The van der Waals surface area contributed by atoms with Crippen LogP contribution in [-0.4, -0.2) is 40.4 Å². The summed E-state index contributed by atoms with van der Waals surface area (Å²) in [4.78, 5) is 17.8. The molecule has 2 aromatic heterocycles. The summed E-state index contributed by atoms with van der Waals surface area (Å²) in [5, 5.41) is 6.95. The molecule has 0 spiro atoms. The quantitative estimate of drug-likeness (QED) is 0.910. The number of anilines is 2. The Hall–Kier alpha value is -2.31. The summed E-state index contributed by atoms with van der Waals surface area (Å²) in [5.41, 5.74) is 0.743. The summed E-state index contributed by atoms with van der Waals surface area (Å²) < 4.78 is 6.84. The molecular formula is C13H19N5O2. The van der Waals surface area contributed by atoms with E-state index in [9.17, 15) is 4.79 Å². The second-order valence-electron chi connectivity index (χ2n) is 5.65. The number of ether oxygens (including phenoxy) is 1. The Bertz CT molecular complexity index is 627. The Morgan fingerprint density at radius 3 is 2.70 bits per heavy atom. The number of carbonyl (C=O) groups is 1. The lowest BCUT2D eigenvalue weighted by Gasteiger charge is -2.19. The first kappa shape index (κ1) is 14.1. The van der Waals surface area contributed by atoms with Gasteiger partial charge in [-0.05, 0) is 26.8 Å². The maximum atomic E-state index is 11.7. The number of hydrogen-bond acceptors (Lipinski definition) is 5. The molecule has 0 aromatic carbocycles. The minimum atomic E-state index is -0.527. The first-order valence-corrected chi connectivity index (χ1v) is 6.28. The fourth-order valence-corrected chi connectivity index (χ4v) is 1.56. The zero-order valence-corrected chi connectivity index (χ0v) is 12.3. The van der Waals surface area contributed by atoms with Gasteiger partial charge in [0, 0.05) is 32.0 Å². The molecule has 0 unspecified atom stereocenters. The number of aromatic nitrogens is 3. The lowest BCUT2D eigenvalue weighted by molar-refractivity contribution is 0.0636. The molecular weight excluding hydrogens is 258 g/mol. The zero-order chi connectivity index (χ0) is 14.9. The summed E-state index contributed by atoms with van der Waals surface area (Å²) in [6.45, 7) is 5.45. The molecule has 2 rings (SSSR count). The Morgan fingerprint density at radius 1 is 1.40 bits per heavy atom. The summed E-state index contributed by atoms with van der Waals surface area (Å²) >= 11 is 0. The van der Waals surface area contributed by atoms with Crippen molar-refractivity contribution in [3.8, 4) is 0 Å². The van der Waals surface area contributed by atoms with E-state index in [2.05, 4.69) is 15.4 Å². The third-order valence-electron chi connectivity index (χ3n) is 2.37. The van der Waals surface area contributed by atoms with Crippen LogP contribution in [0.15, 0.2) is 18.3 Å². The molecule has 0 radical (unpaired) electrons. The van der Waals surface area contributed by atoms with Crippen LogP contribution in [0.1, 0.15) is 20.8 Å². The van der Waals surface area contributed by atoms with Crippen LogP contribution in [0.5, 0.6) is 0 Å². The number of hydrogen-bond donors (Lipinski definition) is 1. The lowest BCUT2D eigenvalue weighted by Crippen LogP contribution is -2.27. The highest BCUT2D eigenvalue weighted by atomic mass is 16.6. The van der Waals surface area contributed by atoms with Crippen LogP contribution in [0.2, 0.25) is 0 Å². The molecule has 0 aliphatic rings. The number of fused-ring (bicyclic) bond motifs is 1. The van der Waals surface area contributed by atoms with Gasteiger partial charge in [-0.25, -0.2) is 9.31 Å². The van der Waals surface area contributed by atoms with Crippen LogP contribution in [0.4, 0.5) is 16.4 Å². The largest absolute Gasteiger partial charge is 0.444 e. The van der Waals surface area contributed by atoms with Crippen molar-refractivity contribution in [2.45, 2.75) is 26.4 Å². The number of nitrogens with one attached hydrogen (secondary N) is 1. The number of amides is 1. The molecule has 0 atom stereocenters. The molecule has 7 nitrogen and oxygen atoms in total. The smallest absolute Gasteiger partial charge is 0.412 e. The van der Waals surface area contributed by atoms with Gasteiger partial charge in [0.15, 0.2) is 5.65 Å². The average Bonchev–Trinajstić information content (AvgIpc) is 2.69. The summed E-state index contributed by atoms with van der Waals surface area (Å²) in [6.07, 6.45) is 1.25. The van der Waals surface area contributed by atoms with Gasteiger partial charge in [0.1, 0.15) is 5.60 Å². The van der Waals surface area contributed by atoms with Crippen LogP contribution < -0.4 is 10.2 Å². The van der Waals surface area contributed by atoms with E-state index in [0.717, 1.165) is 0 Å². The number of rotatable bonds is 2. The highest BCUT2D eigenvalue weighted by molar-refractivity contribution is 5.85. The van der Waals surface area contributed by atoms with Gasteiger partial charge in [-0.1, -0.05) is 0 Å². The molecule has 0 bridgehead atoms. The van der Waals surface area contributed by atoms with Crippen molar-refractivity contribution in [3.05, 3.63) is 18.3 Å². The van der Waals surface area contributed by atoms with Gasteiger partial charge in [0.25, 0.3) is 0 Å². The average molecular weight is 277 g/mol. The van der Waals surface area contributed by atoms with E-state index in [1.807, 2.05) is 39.8 Å². The van der Waals surface area contributed by atoms with Crippen molar-refractivity contribution >= 4 is 23.4 Å². The molecule has 108 valence electrons. The number of pyridine rings is 1. The molecule has 0 saturated heterocycles. The first-order chi connectivity index (χ1) is 9.24. The second kappa shape index (κ2) is 4.99. The molecule has 0 aliphatic heterocycles. The molecule has 2 aromatic rings. The van der Waals surface area contributed by atoms with Crippen molar-refractivity contribution in [2.24, 2.45) is 0 Å². The topological polar surface area (TPSA) is 71.8 Å². The van der Waals surface area contributed by atoms with E-state index in [0.29, 0.717) is 17.3 Å². The normalized spacial score (nSPS) is 11.4. The second-order valence-corrected chi connectivity index (χ2v) is 5.65.